The number of hydrogen-bond acceptors (Lipinski definition) is 0. The summed E-state index contributed by atoms with van der Waals surface area (Å²) in [5.41, 5.74) is 0.958. The highest BCUT2D eigenvalue weighted by molar-refractivity contribution is 5.75. The van der Waals surface area contributed by atoms with Gasteiger partial charge in [0.25, 0.3) is 0 Å². The van der Waals surface area contributed by atoms with Gasteiger partial charge in [0.2, 0.25) is 0 Å². The third kappa shape index (κ3) is 6.01. The van der Waals surface area contributed by atoms with Gasteiger partial charge in [0.15, 0.2) is 0 Å². The lowest BCUT2D eigenvalue weighted by Crippen LogP contribution is -1.79. The molecule has 0 fully saturated rings. The molecule has 0 aromatic heterocycles. The van der Waals surface area contributed by atoms with Crippen molar-refractivity contribution in [1.29, 1.82) is 0 Å². The first kappa shape index (κ1) is 12.6. The normalized spacial score (nSPS) is 8.30. The first-order chi connectivity index (χ1) is 4.35. The van der Waals surface area contributed by atoms with Crippen LogP contribution in [0.2, 0.25) is 0 Å². The molecule has 0 atom stereocenters. The molecule has 0 aromatic rings. The maximum atomic E-state index is 11.9. The molecule has 0 aromatic carbocycles. The summed E-state index contributed by atoms with van der Waals surface area (Å²) in [6.45, 7) is 4.14. The molecule has 0 unspecified atom stereocenters. The molecule has 10 heavy (non-hydrogen) atoms. The second-order valence-corrected chi connectivity index (χ2v) is 2.27. The first-order valence-corrected chi connectivity index (χ1v) is 3.63. The Morgan fingerprint density at radius 3 is 1.80 bits per heavy atom. The second-order valence-electron chi connectivity index (χ2n) is 2.27. The van der Waals surface area contributed by atoms with Gasteiger partial charge in [0.05, 0.1) is 6.33 Å². The fraction of sp³-hybridized carbons (Fsp3) is 0.750. The number of hydrogen-bond donors (Lipinski definition) is 0. The summed E-state index contributed by atoms with van der Waals surface area (Å²) in [6.07, 6.45) is 4.70. The standard InChI is InChI=1S/C8H15F.H4Si/c1-3-5-8(7-9)6-4-2;/h7H,3-6H2,1-2H3;1H4. The van der Waals surface area contributed by atoms with Crippen LogP contribution in [0.25, 0.3) is 0 Å². The molecule has 0 spiro atoms. The van der Waals surface area contributed by atoms with Crippen molar-refractivity contribution in [3.05, 3.63) is 11.9 Å². The monoisotopic (exact) mass is 162 g/mol. The van der Waals surface area contributed by atoms with Gasteiger partial charge in [-0.1, -0.05) is 26.7 Å². The Hall–Kier alpha value is -0.113. The lowest BCUT2D eigenvalue weighted by atomic mass is 10.1. The summed E-state index contributed by atoms with van der Waals surface area (Å²) >= 11 is 0. The summed E-state index contributed by atoms with van der Waals surface area (Å²) in [6, 6.07) is 0. The fourth-order valence-corrected chi connectivity index (χ4v) is 0.876. The highest BCUT2D eigenvalue weighted by Gasteiger charge is 1.92. The lowest BCUT2D eigenvalue weighted by Gasteiger charge is -1.98. The van der Waals surface area contributed by atoms with Gasteiger partial charge in [-0.3, -0.25) is 0 Å². The Bertz CT molecular complexity index is 81.3. The van der Waals surface area contributed by atoms with E-state index < -0.39 is 0 Å². The molecule has 0 radical (unpaired) electrons. The van der Waals surface area contributed by atoms with Crippen molar-refractivity contribution in [2.75, 3.05) is 0 Å². The Morgan fingerprint density at radius 1 is 1.20 bits per heavy atom. The molecule has 0 rings (SSSR count). The van der Waals surface area contributed by atoms with Crippen molar-refractivity contribution in [3.8, 4) is 0 Å². The predicted molar refractivity (Wildman–Crippen MR) is 50.3 cm³/mol. The van der Waals surface area contributed by atoms with Gasteiger partial charge in [-0.2, -0.15) is 0 Å². The maximum Gasteiger partial charge on any atom is 0.0858 e. The Balaban J connectivity index is 0. The molecular formula is C8H19FSi. The van der Waals surface area contributed by atoms with Gasteiger partial charge in [0.1, 0.15) is 0 Å². The van der Waals surface area contributed by atoms with E-state index in [2.05, 4.69) is 13.8 Å². The van der Waals surface area contributed by atoms with Gasteiger partial charge >= 0.3 is 0 Å². The fourth-order valence-electron chi connectivity index (χ4n) is 0.876. The quantitative estimate of drug-likeness (QED) is 0.555. The van der Waals surface area contributed by atoms with E-state index in [0.717, 1.165) is 37.6 Å². The van der Waals surface area contributed by atoms with Gasteiger partial charge in [-0.05, 0) is 29.4 Å². The van der Waals surface area contributed by atoms with Crippen molar-refractivity contribution in [1.82, 2.24) is 0 Å². The molecule has 0 aliphatic heterocycles. The summed E-state index contributed by atoms with van der Waals surface area (Å²) in [7, 11) is 0. The second kappa shape index (κ2) is 8.89. The van der Waals surface area contributed by atoms with Crippen LogP contribution in [0.5, 0.6) is 0 Å². The Labute approximate surface area is 67.5 Å². The van der Waals surface area contributed by atoms with E-state index in [0.29, 0.717) is 0 Å². The van der Waals surface area contributed by atoms with Crippen molar-refractivity contribution >= 4 is 11.0 Å². The molecule has 0 nitrogen and oxygen atoms in total. The lowest BCUT2D eigenvalue weighted by molar-refractivity contribution is 0.674. The van der Waals surface area contributed by atoms with Crippen LogP contribution in [0.3, 0.4) is 0 Å². The molecule has 0 aliphatic rings. The summed E-state index contributed by atoms with van der Waals surface area (Å²) < 4.78 is 11.9. The molecule has 0 aliphatic carbocycles. The zero-order chi connectivity index (χ0) is 7.11. The topological polar surface area (TPSA) is 0 Å². The smallest absolute Gasteiger partial charge is 0.0858 e. The van der Waals surface area contributed by atoms with E-state index in [9.17, 15) is 4.39 Å². The van der Waals surface area contributed by atoms with Crippen LogP contribution in [-0.4, -0.2) is 11.0 Å². The van der Waals surface area contributed by atoms with E-state index >= 15 is 0 Å². The largest absolute Gasteiger partial charge is 0.216 e. The third-order valence-corrected chi connectivity index (χ3v) is 1.30. The Morgan fingerprint density at radius 2 is 1.60 bits per heavy atom. The minimum Gasteiger partial charge on any atom is -0.216 e. The van der Waals surface area contributed by atoms with Crippen LogP contribution in [0.1, 0.15) is 39.5 Å². The van der Waals surface area contributed by atoms with Crippen LogP contribution in [0.4, 0.5) is 4.39 Å². The van der Waals surface area contributed by atoms with Crippen LogP contribution in [0.15, 0.2) is 11.9 Å². The van der Waals surface area contributed by atoms with Gasteiger partial charge < -0.3 is 0 Å². The number of allylic oxidation sites excluding steroid dienone is 1. The zero-order valence-corrected chi connectivity index (χ0v) is 6.28. The zero-order valence-electron chi connectivity index (χ0n) is 6.28. The SMILES string of the molecule is CCCC(=CF)CCC.[SiH4]. The molecule has 2 heteroatoms. The average molecular weight is 162 g/mol. The average Bonchev–Trinajstić information content (AvgIpc) is 1.88. The van der Waals surface area contributed by atoms with E-state index in [4.69, 9.17) is 0 Å². The highest BCUT2D eigenvalue weighted by atomic mass is 28.1. The maximum absolute atomic E-state index is 11.9. The molecule has 0 saturated heterocycles. The molecular weight excluding hydrogens is 143 g/mol. The third-order valence-electron chi connectivity index (χ3n) is 1.30. The van der Waals surface area contributed by atoms with E-state index in [1.165, 1.54) is 0 Å². The van der Waals surface area contributed by atoms with Gasteiger partial charge in [-0.25, -0.2) is 4.39 Å². The van der Waals surface area contributed by atoms with E-state index in [1.54, 1.807) is 0 Å². The van der Waals surface area contributed by atoms with Crippen LogP contribution in [0, 0.1) is 0 Å². The minimum atomic E-state index is 0. The number of rotatable bonds is 4. The molecule has 0 heterocycles. The minimum absolute atomic E-state index is 0. The van der Waals surface area contributed by atoms with Crippen molar-refractivity contribution in [3.63, 3.8) is 0 Å². The molecule has 0 bridgehead atoms. The van der Waals surface area contributed by atoms with Crippen molar-refractivity contribution in [2.24, 2.45) is 0 Å². The molecule has 0 N–H and O–H groups in total. The first-order valence-electron chi connectivity index (χ1n) is 3.63. The summed E-state index contributed by atoms with van der Waals surface area (Å²) in [5.74, 6) is 0. The molecule has 0 saturated carbocycles. The molecule has 62 valence electrons. The molecule has 0 amide bonds. The van der Waals surface area contributed by atoms with E-state index in [-0.39, 0.29) is 11.0 Å². The van der Waals surface area contributed by atoms with E-state index in [1.807, 2.05) is 0 Å². The van der Waals surface area contributed by atoms with Gasteiger partial charge in [0, 0.05) is 0 Å². The summed E-state index contributed by atoms with van der Waals surface area (Å²) in [5, 5.41) is 0. The predicted octanol–water partition coefficient (Wildman–Crippen LogP) is 1.99. The van der Waals surface area contributed by atoms with Crippen LogP contribution >= 0.6 is 0 Å². The van der Waals surface area contributed by atoms with Crippen molar-refractivity contribution in [2.45, 2.75) is 39.5 Å². The van der Waals surface area contributed by atoms with Gasteiger partial charge in [-0.15, -0.1) is 0 Å². The number of halogens is 1. The highest BCUT2D eigenvalue weighted by Crippen LogP contribution is 2.11. The van der Waals surface area contributed by atoms with Crippen molar-refractivity contribution < 1.29 is 4.39 Å². The van der Waals surface area contributed by atoms with Crippen LogP contribution < -0.4 is 0 Å². The Kier molecular flexibility index (Phi) is 11.2. The van der Waals surface area contributed by atoms with Crippen LogP contribution in [-0.2, 0) is 0 Å². The summed E-state index contributed by atoms with van der Waals surface area (Å²) in [4.78, 5) is 0.